The molecule has 30 heavy (non-hydrogen) atoms. The molecule has 0 bridgehead atoms. The van der Waals surface area contributed by atoms with Gasteiger partial charge in [-0.1, -0.05) is 42.3 Å². The molecule has 8 heteroatoms. The van der Waals surface area contributed by atoms with E-state index in [9.17, 15) is 14.9 Å². The largest absolute Gasteiger partial charge is 0.491 e. The lowest BCUT2D eigenvalue weighted by Gasteiger charge is -2.32. The Morgan fingerprint density at radius 2 is 2.10 bits per heavy atom. The summed E-state index contributed by atoms with van der Waals surface area (Å²) in [5.41, 5.74) is 6.89. The Morgan fingerprint density at radius 3 is 2.77 bits per heavy atom. The predicted molar refractivity (Wildman–Crippen MR) is 115 cm³/mol. The second kappa shape index (κ2) is 9.38. The molecular weight excluding hydrogens is 425 g/mol. The highest BCUT2D eigenvalue weighted by Gasteiger charge is 2.29. The minimum absolute atomic E-state index is 0.0249. The van der Waals surface area contributed by atoms with Gasteiger partial charge in [-0.3, -0.25) is 9.59 Å². The first kappa shape index (κ1) is 21.9. The van der Waals surface area contributed by atoms with Crippen LogP contribution in [-0.2, 0) is 4.79 Å². The molecule has 0 fully saturated rings. The van der Waals surface area contributed by atoms with Crippen LogP contribution in [-0.4, -0.2) is 36.4 Å². The Hall–Kier alpha value is -2.75. The molecular formula is C22H21Cl2N3O3. The number of carbonyl (C=O) groups is 2. The van der Waals surface area contributed by atoms with Crippen LogP contribution in [0.15, 0.2) is 36.4 Å². The molecule has 2 aromatic carbocycles. The first-order chi connectivity index (χ1) is 14.3. The molecule has 3 rings (SSSR count). The average Bonchev–Trinajstić information content (AvgIpc) is 2.71. The molecule has 156 valence electrons. The number of primary amides is 1. The molecule has 2 amide bonds. The van der Waals surface area contributed by atoms with Gasteiger partial charge < -0.3 is 15.4 Å². The first-order valence-corrected chi connectivity index (χ1v) is 10.2. The van der Waals surface area contributed by atoms with Gasteiger partial charge in [0.1, 0.15) is 11.8 Å². The predicted octanol–water partition coefficient (Wildman–Crippen LogP) is 3.99. The van der Waals surface area contributed by atoms with Gasteiger partial charge >= 0.3 is 0 Å². The van der Waals surface area contributed by atoms with Crippen LogP contribution in [0.2, 0.25) is 10.0 Å². The van der Waals surface area contributed by atoms with Gasteiger partial charge in [0.15, 0.2) is 0 Å². The SMILES string of the molecule is C[C@H]1COc2c(C#N)cccc2C(=O)N(C[C@@H](CC(N)=O)c2ccc(Cl)c(Cl)c2)C1. The lowest BCUT2D eigenvalue weighted by atomic mass is 9.93. The highest BCUT2D eigenvalue weighted by molar-refractivity contribution is 6.42. The Bertz CT molecular complexity index is 1020. The summed E-state index contributed by atoms with van der Waals surface area (Å²) in [6, 6.07) is 12.1. The van der Waals surface area contributed by atoms with Gasteiger partial charge in [0.25, 0.3) is 5.91 Å². The molecule has 0 aromatic heterocycles. The van der Waals surface area contributed by atoms with E-state index in [1.165, 1.54) is 0 Å². The number of ether oxygens (including phenoxy) is 1. The summed E-state index contributed by atoms with van der Waals surface area (Å²) in [5.74, 6) is -0.770. The molecule has 0 saturated carbocycles. The van der Waals surface area contributed by atoms with Crippen molar-refractivity contribution < 1.29 is 14.3 Å². The third-order valence-corrected chi connectivity index (χ3v) is 5.74. The third-order valence-electron chi connectivity index (χ3n) is 5.00. The standard InChI is InChI=1S/C22H21Cl2N3O3/c1-13-10-27(22(29)17-4-2-3-15(9-25)21(17)30-12-13)11-16(8-20(26)28)14-5-6-18(23)19(24)7-14/h2-7,13,16H,8,10-12H2,1H3,(H2,26,28)/t13-,16-/m1/s1. The van der Waals surface area contributed by atoms with Crippen LogP contribution in [0.1, 0.15) is 40.7 Å². The van der Waals surface area contributed by atoms with Crippen LogP contribution >= 0.6 is 23.2 Å². The van der Waals surface area contributed by atoms with Crippen molar-refractivity contribution in [1.29, 1.82) is 5.26 Å². The highest BCUT2D eigenvalue weighted by Crippen LogP contribution is 2.32. The van der Waals surface area contributed by atoms with Crippen LogP contribution in [0, 0.1) is 17.2 Å². The molecule has 1 aliphatic heterocycles. The first-order valence-electron chi connectivity index (χ1n) is 9.48. The number of rotatable bonds is 5. The number of carbonyl (C=O) groups excluding carboxylic acids is 2. The number of halogens is 2. The summed E-state index contributed by atoms with van der Waals surface area (Å²) in [4.78, 5) is 26.8. The van der Waals surface area contributed by atoms with Gasteiger partial charge in [-0.05, 0) is 29.8 Å². The quantitative estimate of drug-likeness (QED) is 0.751. The fraction of sp³-hybridized carbons (Fsp3) is 0.318. The molecule has 6 nitrogen and oxygen atoms in total. The number of benzene rings is 2. The van der Waals surface area contributed by atoms with E-state index in [4.69, 9.17) is 33.7 Å². The summed E-state index contributed by atoms with van der Waals surface area (Å²) in [6.07, 6.45) is 0.0533. The number of hydrogen-bond donors (Lipinski definition) is 1. The molecule has 0 saturated heterocycles. The average molecular weight is 446 g/mol. The fourth-order valence-corrected chi connectivity index (χ4v) is 3.88. The zero-order valence-corrected chi connectivity index (χ0v) is 17.9. The lowest BCUT2D eigenvalue weighted by Crippen LogP contribution is -2.41. The Labute approximate surface area is 185 Å². The van der Waals surface area contributed by atoms with Crippen LogP contribution in [0.3, 0.4) is 0 Å². The summed E-state index contributed by atoms with van der Waals surface area (Å²) >= 11 is 12.2. The van der Waals surface area contributed by atoms with Crippen molar-refractivity contribution >= 4 is 35.0 Å². The van der Waals surface area contributed by atoms with E-state index in [2.05, 4.69) is 6.07 Å². The normalized spacial score (nSPS) is 17.2. The minimum atomic E-state index is -0.478. The number of nitrogens with zero attached hydrogens (tertiary/aromatic N) is 2. The number of fused-ring (bicyclic) bond motifs is 1. The number of nitrogens with two attached hydrogens (primary N) is 1. The molecule has 2 aromatic rings. The topological polar surface area (TPSA) is 96.4 Å². The van der Waals surface area contributed by atoms with Crippen molar-refractivity contribution in [3.8, 4) is 11.8 Å². The van der Waals surface area contributed by atoms with E-state index >= 15 is 0 Å². The van der Waals surface area contributed by atoms with E-state index < -0.39 is 5.91 Å². The molecule has 2 N–H and O–H groups in total. The monoisotopic (exact) mass is 445 g/mol. The maximum atomic E-state index is 13.4. The zero-order chi connectivity index (χ0) is 21.8. The molecule has 0 spiro atoms. The lowest BCUT2D eigenvalue weighted by molar-refractivity contribution is -0.118. The Kier molecular flexibility index (Phi) is 6.86. The van der Waals surface area contributed by atoms with Gasteiger partial charge in [0, 0.05) is 31.3 Å². The van der Waals surface area contributed by atoms with E-state index in [0.29, 0.717) is 40.1 Å². The summed E-state index contributed by atoms with van der Waals surface area (Å²) in [5, 5.41) is 10.2. The third kappa shape index (κ3) is 4.86. The van der Waals surface area contributed by atoms with Gasteiger partial charge in [0.2, 0.25) is 5.91 Å². The minimum Gasteiger partial charge on any atom is -0.491 e. The summed E-state index contributed by atoms with van der Waals surface area (Å²) < 4.78 is 5.79. The summed E-state index contributed by atoms with van der Waals surface area (Å²) in [6.45, 7) is 3.02. The maximum absolute atomic E-state index is 13.4. The smallest absolute Gasteiger partial charge is 0.257 e. The number of hydrogen-bond acceptors (Lipinski definition) is 4. The number of nitriles is 1. The van der Waals surface area contributed by atoms with Crippen LogP contribution in [0.4, 0.5) is 0 Å². The van der Waals surface area contributed by atoms with Gasteiger partial charge in [-0.25, -0.2) is 0 Å². The highest BCUT2D eigenvalue weighted by atomic mass is 35.5. The fourth-order valence-electron chi connectivity index (χ4n) is 3.58. The Morgan fingerprint density at radius 1 is 1.33 bits per heavy atom. The van der Waals surface area contributed by atoms with Crippen molar-refractivity contribution in [2.24, 2.45) is 11.7 Å². The van der Waals surface area contributed by atoms with Crippen molar-refractivity contribution in [3.05, 3.63) is 63.1 Å². The Balaban J connectivity index is 1.98. The second-order valence-corrected chi connectivity index (χ2v) is 8.28. The zero-order valence-electron chi connectivity index (χ0n) is 16.4. The van der Waals surface area contributed by atoms with E-state index in [1.54, 1.807) is 41.3 Å². The van der Waals surface area contributed by atoms with Crippen LogP contribution < -0.4 is 10.5 Å². The van der Waals surface area contributed by atoms with Crippen molar-refractivity contribution in [1.82, 2.24) is 4.90 Å². The number of amides is 2. The summed E-state index contributed by atoms with van der Waals surface area (Å²) in [7, 11) is 0. The van der Waals surface area contributed by atoms with E-state index in [-0.39, 0.29) is 30.7 Å². The second-order valence-electron chi connectivity index (χ2n) is 7.46. The van der Waals surface area contributed by atoms with Crippen molar-refractivity contribution in [3.63, 3.8) is 0 Å². The van der Waals surface area contributed by atoms with Crippen LogP contribution in [0.25, 0.3) is 0 Å². The van der Waals surface area contributed by atoms with Crippen molar-refractivity contribution in [2.75, 3.05) is 19.7 Å². The van der Waals surface area contributed by atoms with Crippen LogP contribution in [0.5, 0.6) is 5.75 Å². The van der Waals surface area contributed by atoms with E-state index in [0.717, 1.165) is 5.56 Å². The molecule has 0 unspecified atom stereocenters. The van der Waals surface area contributed by atoms with Gasteiger partial charge in [-0.15, -0.1) is 0 Å². The molecule has 1 aliphatic rings. The van der Waals surface area contributed by atoms with Gasteiger partial charge in [0.05, 0.1) is 27.8 Å². The molecule has 0 radical (unpaired) electrons. The van der Waals surface area contributed by atoms with E-state index in [1.807, 2.05) is 6.92 Å². The molecule has 2 atom stereocenters. The maximum Gasteiger partial charge on any atom is 0.257 e. The molecule has 1 heterocycles. The van der Waals surface area contributed by atoms with Gasteiger partial charge in [-0.2, -0.15) is 5.26 Å². The van der Waals surface area contributed by atoms with Crippen molar-refractivity contribution in [2.45, 2.75) is 19.3 Å². The molecule has 0 aliphatic carbocycles. The number of para-hydroxylation sites is 1.